The summed E-state index contributed by atoms with van der Waals surface area (Å²) in [6.45, 7) is 5.11. The predicted octanol–water partition coefficient (Wildman–Crippen LogP) is 3.84. The lowest BCUT2D eigenvalue weighted by molar-refractivity contribution is -0.140. The number of amides is 1. The number of methoxy groups -OCH3 is 1. The average Bonchev–Trinajstić information content (AvgIpc) is 2.55. The first-order valence-electron chi connectivity index (χ1n) is 8.94. The quantitative estimate of drug-likeness (QED) is 0.772. The Hall–Kier alpha value is -0.810. The van der Waals surface area contributed by atoms with E-state index in [1.165, 1.54) is 12.8 Å². The van der Waals surface area contributed by atoms with Gasteiger partial charge in [-0.25, -0.2) is 0 Å². The topological polar surface area (TPSA) is 32.8 Å². The van der Waals surface area contributed by atoms with Gasteiger partial charge in [0.05, 0.1) is 6.61 Å². The summed E-state index contributed by atoms with van der Waals surface area (Å²) in [5, 5.41) is 1.37. The van der Waals surface area contributed by atoms with E-state index in [0.29, 0.717) is 29.6 Å². The zero-order valence-electron chi connectivity index (χ0n) is 14.8. The molecule has 0 aliphatic carbocycles. The van der Waals surface area contributed by atoms with Crippen LogP contribution < -0.4 is 0 Å². The van der Waals surface area contributed by atoms with Crippen LogP contribution in [0.2, 0.25) is 10.0 Å². The highest BCUT2D eigenvalue weighted by molar-refractivity contribution is 6.34. The van der Waals surface area contributed by atoms with Crippen molar-refractivity contribution in [1.29, 1.82) is 0 Å². The third-order valence-electron chi connectivity index (χ3n) is 5.38. The van der Waals surface area contributed by atoms with Crippen molar-refractivity contribution >= 4 is 29.1 Å². The summed E-state index contributed by atoms with van der Waals surface area (Å²) < 4.78 is 5.16. The van der Waals surface area contributed by atoms with Gasteiger partial charge in [0.25, 0.3) is 0 Å². The van der Waals surface area contributed by atoms with Crippen LogP contribution in [0.3, 0.4) is 0 Å². The molecule has 0 radical (unpaired) electrons. The number of carbonyl (C=O) groups excluding carboxylic acids is 1. The Balaban J connectivity index is 1.66. The van der Waals surface area contributed by atoms with Crippen LogP contribution in [0.15, 0.2) is 18.2 Å². The molecule has 6 heteroatoms. The van der Waals surface area contributed by atoms with Gasteiger partial charge in [0.2, 0.25) is 5.91 Å². The molecule has 2 aliphatic heterocycles. The second kappa shape index (κ2) is 8.26. The number of nitrogens with zero attached hydrogens (tertiary/aromatic N) is 2. The Labute approximate surface area is 160 Å². The summed E-state index contributed by atoms with van der Waals surface area (Å²) >= 11 is 12.3. The maximum Gasteiger partial charge on any atom is 0.222 e. The number of rotatable bonds is 5. The molecule has 1 aromatic rings. The van der Waals surface area contributed by atoms with Crippen molar-refractivity contribution in [2.75, 3.05) is 39.9 Å². The van der Waals surface area contributed by atoms with E-state index >= 15 is 0 Å². The number of hydrogen-bond acceptors (Lipinski definition) is 3. The third kappa shape index (κ3) is 4.88. The molecule has 3 rings (SSSR count). The van der Waals surface area contributed by atoms with Gasteiger partial charge in [-0.2, -0.15) is 0 Å². The van der Waals surface area contributed by atoms with E-state index in [1.54, 1.807) is 13.2 Å². The zero-order chi connectivity index (χ0) is 17.9. The number of benzene rings is 1. The molecular formula is C19H26Cl2N2O2. The average molecular weight is 385 g/mol. The van der Waals surface area contributed by atoms with Crippen molar-refractivity contribution in [2.45, 2.75) is 32.2 Å². The van der Waals surface area contributed by atoms with Gasteiger partial charge in [0.1, 0.15) is 0 Å². The van der Waals surface area contributed by atoms with Gasteiger partial charge < -0.3 is 9.64 Å². The van der Waals surface area contributed by atoms with Crippen LogP contribution >= 0.6 is 23.2 Å². The SMILES string of the molecule is COCCN1C[C@]2(CCCN(Cc3cc(Cl)cc(Cl)c3)C2)CCC1=O. The van der Waals surface area contributed by atoms with E-state index in [-0.39, 0.29) is 11.3 Å². The molecule has 0 N–H and O–H groups in total. The van der Waals surface area contributed by atoms with E-state index in [9.17, 15) is 4.79 Å². The van der Waals surface area contributed by atoms with Crippen LogP contribution in [-0.2, 0) is 16.1 Å². The highest BCUT2D eigenvalue weighted by Gasteiger charge is 2.41. The first kappa shape index (κ1) is 19.0. The number of piperidine rings is 2. The number of ether oxygens (including phenoxy) is 1. The van der Waals surface area contributed by atoms with Crippen molar-refractivity contribution < 1.29 is 9.53 Å². The molecule has 1 aromatic carbocycles. The Morgan fingerprint density at radius 3 is 2.64 bits per heavy atom. The van der Waals surface area contributed by atoms with E-state index in [0.717, 1.165) is 38.2 Å². The van der Waals surface area contributed by atoms with Crippen molar-refractivity contribution in [3.05, 3.63) is 33.8 Å². The minimum Gasteiger partial charge on any atom is -0.383 e. The maximum absolute atomic E-state index is 12.2. The third-order valence-corrected chi connectivity index (χ3v) is 5.82. The second-order valence-corrected chi connectivity index (χ2v) is 8.27. The van der Waals surface area contributed by atoms with E-state index in [2.05, 4.69) is 4.90 Å². The standard InChI is InChI=1S/C19H26Cl2N2O2/c1-25-8-7-23-14-19(5-3-18(23)24)4-2-6-22(13-19)12-15-9-16(20)11-17(21)10-15/h9-11H,2-8,12-14H2,1H3/t19-/m1/s1. The van der Waals surface area contributed by atoms with Crippen molar-refractivity contribution in [1.82, 2.24) is 9.80 Å². The fourth-order valence-electron chi connectivity index (χ4n) is 4.25. The summed E-state index contributed by atoms with van der Waals surface area (Å²) in [5.41, 5.74) is 1.36. The van der Waals surface area contributed by atoms with Crippen molar-refractivity contribution in [3.63, 3.8) is 0 Å². The fraction of sp³-hybridized carbons (Fsp3) is 0.632. The lowest BCUT2D eigenvalue weighted by atomic mass is 9.73. The first-order chi connectivity index (χ1) is 12.0. The zero-order valence-corrected chi connectivity index (χ0v) is 16.3. The molecule has 0 saturated carbocycles. The first-order valence-corrected chi connectivity index (χ1v) is 9.69. The molecule has 2 saturated heterocycles. The van der Waals surface area contributed by atoms with Gasteiger partial charge in [-0.05, 0) is 49.6 Å². The summed E-state index contributed by atoms with van der Waals surface area (Å²) in [6, 6.07) is 5.75. The molecule has 4 nitrogen and oxygen atoms in total. The maximum atomic E-state index is 12.2. The van der Waals surface area contributed by atoms with Crippen LogP contribution in [0.5, 0.6) is 0 Å². The summed E-state index contributed by atoms with van der Waals surface area (Å²) in [4.78, 5) is 16.7. The summed E-state index contributed by atoms with van der Waals surface area (Å²) in [5.74, 6) is 0.265. The molecule has 25 heavy (non-hydrogen) atoms. The Morgan fingerprint density at radius 2 is 1.92 bits per heavy atom. The molecule has 0 bridgehead atoms. The second-order valence-electron chi connectivity index (χ2n) is 7.40. The fourth-order valence-corrected chi connectivity index (χ4v) is 4.82. The highest BCUT2D eigenvalue weighted by Crippen LogP contribution is 2.39. The molecule has 1 spiro atoms. The molecule has 1 atom stereocenters. The molecular weight excluding hydrogens is 359 g/mol. The predicted molar refractivity (Wildman–Crippen MR) is 101 cm³/mol. The number of hydrogen-bond donors (Lipinski definition) is 0. The molecule has 0 aromatic heterocycles. The Bertz CT molecular complexity index is 605. The number of carbonyl (C=O) groups is 1. The van der Waals surface area contributed by atoms with Gasteiger partial charge >= 0.3 is 0 Å². The van der Waals surface area contributed by atoms with Crippen molar-refractivity contribution in [3.8, 4) is 0 Å². The molecule has 138 valence electrons. The summed E-state index contributed by atoms with van der Waals surface area (Å²) in [7, 11) is 1.68. The Kier molecular flexibility index (Phi) is 6.26. The minimum absolute atomic E-state index is 0.211. The van der Waals surface area contributed by atoms with E-state index < -0.39 is 0 Å². The van der Waals surface area contributed by atoms with Crippen LogP contribution in [0.25, 0.3) is 0 Å². The van der Waals surface area contributed by atoms with Gasteiger partial charge in [0.15, 0.2) is 0 Å². The lowest BCUT2D eigenvalue weighted by Gasteiger charge is -2.48. The Morgan fingerprint density at radius 1 is 1.16 bits per heavy atom. The van der Waals surface area contributed by atoms with E-state index in [4.69, 9.17) is 27.9 Å². The largest absolute Gasteiger partial charge is 0.383 e. The number of halogens is 2. The van der Waals surface area contributed by atoms with Crippen LogP contribution in [-0.4, -0.2) is 55.6 Å². The van der Waals surface area contributed by atoms with Crippen molar-refractivity contribution in [2.24, 2.45) is 5.41 Å². The smallest absolute Gasteiger partial charge is 0.222 e. The number of likely N-dealkylation sites (tertiary alicyclic amines) is 2. The van der Waals surface area contributed by atoms with Crippen LogP contribution in [0.4, 0.5) is 0 Å². The van der Waals surface area contributed by atoms with Crippen LogP contribution in [0, 0.1) is 5.41 Å². The molecule has 0 unspecified atom stereocenters. The normalized spacial score (nSPS) is 24.9. The van der Waals surface area contributed by atoms with Gasteiger partial charge in [-0.1, -0.05) is 23.2 Å². The van der Waals surface area contributed by atoms with E-state index in [1.807, 2.05) is 17.0 Å². The highest BCUT2D eigenvalue weighted by atomic mass is 35.5. The molecule has 2 fully saturated rings. The lowest BCUT2D eigenvalue weighted by Crippen LogP contribution is -2.54. The molecule has 2 heterocycles. The van der Waals surface area contributed by atoms with Gasteiger partial charge in [-0.15, -0.1) is 0 Å². The van der Waals surface area contributed by atoms with Crippen LogP contribution in [0.1, 0.15) is 31.2 Å². The summed E-state index contributed by atoms with van der Waals surface area (Å²) in [6.07, 6.45) is 4.00. The monoisotopic (exact) mass is 384 g/mol. The minimum atomic E-state index is 0.211. The molecule has 2 aliphatic rings. The van der Waals surface area contributed by atoms with Gasteiger partial charge in [0, 0.05) is 55.2 Å². The van der Waals surface area contributed by atoms with Gasteiger partial charge in [-0.3, -0.25) is 9.69 Å². The molecule has 1 amide bonds.